The molecule has 1 N–H and O–H groups in total. The average Bonchev–Trinajstić information content (AvgIpc) is 2.95. The van der Waals surface area contributed by atoms with Crippen molar-refractivity contribution in [2.75, 3.05) is 0 Å². The van der Waals surface area contributed by atoms with Gasteiger partial charge in [-0.1, -0.05) is 38.1 Å². The molecule has 1 aromatic carbocycles. The van der Waals surface area contributed by atoms with Crippen LogP contribution in [-0.2, 0) is 5.41 Å². The molecular formula is C13H16O. The third-order valence-electron chi connectivity index (χ3n) is 4.15. The molecule has 14 heavy (non-hydrogen) atoms. The van der Waals surface area contributed by atoms with Crippen LogP contribution in [0, 0.1) is 11.8 Å². The SMILES string of the molecule is CC1(C)c2ccccc2[C@@H](O)[C@H]2C[C@H]21. The highest BCUT2D eigenvalue weighted by atomic mass is 16.3. The molecule has 3 rings (SSSR count). The largest absolute Gasteiger partial charge is 0.388 e. The molecule has 0 heterocycles. The fraction of sp³-hybridized carbons (Fsp3) is 0.538. The highest BCUT2D eigenvalue weighted by Crippen LogP contribution is 2.62. The first-order valence-electron chi connectivity index (χ1n) is 5.40. The summed E-state index contributed by atoms with van der Waals surface area (Å²) in [5, 5.41) is 10.1. The van der Waals surface area contributed by atoms with Crippen molar-refractivity contribution in [3.63, 3.8) is 0 Å². The minimum absolute atomic E-state index is 0.204. The van der Waals surface area contributed by atoms with E-state index in [0.717, 1.165) is 5.56 Å². The zero-order valence-electron chi connectivity index (χ0n) is 8.70. The van der Waals surface area contributed by atoms with Gasteiger partial charge in [0.15, 0.2) is 0 Å². The Kier molecular flexibility index (Phi) is 1.46. The lowest BCUT2D eigenvalue weighted by molar-refractivity contribution is 0.125. The Hall–Kier alpha value is -0.820. The summed E-state index contributed by atoms with van der Waals surface area (Å²) < 4.78 is 0. The summed E-state index contributed by atoms with van der Waals surface area (Å²) in [6.45, 7) is 4.62. The molecule has 1 saturated carbocycles. The van der Waals surface area contributed by atoms with Crippen molar-refractivity contribution in [1.29, 1.82) is 0 Å². The van der Waals surface area contributed by atoms with Gasteiger partial charge < -0.3 is 5.11 Å². The van der Waals surface area contributed by atoms with Gasteiger partial charge in [0.05, 0.1) is 6.10 Å². The average molecular weight is 188 g/mol. The maximum Gasteiger partial charge on any atom is 0.0824 e. The molecule has 0 aliphatic heterocycles. The normalized spacial score (nSPS) is 37.2. The lowest BCUT2D eigenvalue weighted by Crippen LogP contribution is -2.29. The molecule has 2 aliphatic carbocycles. The van der Waals surface area contributed by atoms with Gasteiger partial charge in [0.2, 0.25) is 0 Å². The maximum absolute atomic E-state index is 10.1. The van der Waals surface area contributed by atoms with Gasteiger partial charge in [0.25, 0.3) is 0 Å². The number of fused-ring (bicyclic) bond motifs is 2. The minimum atomic E-state index is -0.204. The molecule has 1 nitrogen and oxygen atoms in total. The molecule has 0 bridgehead atoms. The molecule has 74 valence electrons. The van der Waals surface area contributed by atoms with Crippen LogP contribution in [0.1, 0.15) is 37.5 Å². The van der Waals surface area contributed by atoms with Gasteiger partial charge in [0.1, 0.15) is 0 Å². The van der Waals surface area contributed by atoms with E-state index in [1.165, 1.54) is 12.0 Å². The minimum Gasteiger partial charge on any atom is -0.388 e. The Labute approximate surface area is 84.8 Å². The number of rotatable bonds is 0. The molecule has 0 spiro atoms. The maximum atomic E-state index is 10.1. The van der Waals surface area contributed by atoms with Crippen LogP contribution in [0.3, 0.4) is 0 Å². The first kappa shape index (κ1) is 8.49. The first-order chi connectivity index (χ1) is 6.62. The van der Waals surface area contributed by atoms with Gasteiger partial charge >= 0.3 is 0 Å². The summed E-state index contributed by atoms with van der Waals surface area (Å²) >= 11 is 0. The van der Waals surface area contributed by atoms with E-state index < -0.39 is 0 Å². The van der Waals surface area contributed by atoms with E-state index in [0.29, 0.717) is 11.8 Å². The summed E-state index contributed by atoms with van der Waals surface area (Å²) in [7, 11) is 0. The van der Waals surface area contributed by atoms with Gasteiger partial charge in [-0.25, -0.2) is 0 Å². The highest BCUT2D eigenvalue weighted by Gasteiger charge is 2.56. The van der Waals surface area contributed by atoms with Crippen molar-refractivity contribution in [2.24, 2.45) is 11.8 Å². The van der Waals surface area contributed by atoms with Crippen LogP contribution in [0.5, 0.6) is 0 Å². The Morgan fingerprint density at radius 2 is 2.00 bits per heavy atom. The van der Waals surface area contributed by atoms with E-state index in [2.05, 4.69) is 32.0 Å². The smallest absolute Gasteiger partial charge is 0.0824 e. The number of aliphatic hydroxyl groups excluding tert-OH is 1. The Balaban J connectivity index is 2.21. The lowest BCUT2D eigenvalue weighted by Gasteiger charge is -2.34. The van der Waals surface area contributed by atoms with E-state index in [1.807, 2.05) is 6.07 Å². The monoisotopic (exact) mass is 188 g/mol. The summed E-state index contributed by atoms with van der Waals surface area (Å²) in [6.07, 6.45) is 0.993. The molecule has 0 saturated heterocycles. The van der Waals surface area contributed by atoms with Crippen LogP contribution in [0.15, 0.2) is 24.3 Å². The quantitative estimate of drug-likeness (QED) is 0.663. The van der Waals surface area contributed by atoms with Crippen molar-refractivity contribution in [1.82, 2.24) is 0 Å². The van der Waals surface area contributed by atoms with Gasteiger partial charge in [-0.2, -0.15) is 0 Å². The predicted octanol–water partition coefficient (Wildman–Crippen LogP) is 2.65. The third-order valence-corrected chi connectivity index (χ3v) is 4.15. The molecule has 0 aromatic heterocycles. The zero-order valence-corrected chi connectivity index (χ0v) is 8.70. The fourth-order valence-electron chi connectivity index (χ4n) is 3.17. The van der Waals surface area contributed by atoms with E-state index in [1.54, 1.807) is 0 Å². The van der Waals surface area contributed by atoms with Crippen molar-refractivity contribution in [3.8, 4) is 0 Å². The zero-order chi connectivity index (χ0) is 9.92. The number of hydrogen-bond acceptors (Lipinski definition) is 1. The van der Waals surface area contributed by atoms with Gasteiger partial charge in [-0.3, -0.25) is 0 Å². The Bertz CT molecular complexity index is 381. The summed E-state index contributed by atoms with van der Waals surface area (Å²) in [6, 6.07) is 8.36. The molecule has 0 radical (unpaired) electrons. The van der Waals surface area contributed by atoms with Crippen LogP contribution in [0.25, 0.3) is 0 Å². The van der Waals surface area contributed by atoms with Gasteiger partial charge in [-0.15, -0.1) is 0 Å². The van der Waals surface area contributed by atoms with Gasteiger partial charge in [0, 0.05) is 0 Å². The van der Waals surface area contributed by atoms with Crippen molar-refractivity contribution < 1.29 is 5.11 Å². The standard InChI is InChI=1S/C13H16O/c1-13(2)10-6-4-3-5-8(10)12(14)9-7-11(9)13/h3-6,9,11-12,14H,7H2,1-2H3/t9-,11+,12+/m0/s1. The van der Waals surface area contributed by atoms with E-state index in [-0.39, 0.29) is 11.5 Å². The second-order valence-corrected chi connectivity index (χ2v) is 5.26. The van der Waals surface area contributed by atoms with Crippen LogP contribution in [0.4, 0.5) is 0 Å². The van der Waals surface area contributed by atoms with Crippen molar-refractivity contribution in [2.45, 2.75) is 31.8 Å². The second-order valence-electron chi connectivity index (χ2n) is 5.26. The number of aliphatic hydroxyl groups is 1. The molecular weight excluding hydrogens is 172 g/mol. The van der Waals surface area contributed by atoms with Crippen LogP contribution < -0.4 is 0 Å². The molecule has 1 fully saturated rings. The summed E-state index contributed by atoms with van der Waals surface area (Å²) in [5.41, 5.74) is 2.78. The molecule has 1 heteroatoms. The van der Waals surface area contributed by atoms with E-state index >= 15 is 0 Å². The molecule has 3 atom stereocenters. The van der Waals surface area contributed by atoms with Crippen LogP contribution in [0.2, 0.25) is 0 Å². The van der Waals surface area contributed by atoms with E-state index in [9.17, 15) is 5.11 Å². The molecule has 1 aromatic rings. The Morgan fingerprint density at radius 3 is 2.79 bits per heavy atom. The lowest BCUT2D eigenvalue weighted by atomic mass is 9.71. The van der Waals surface area contributed by atoms with Crippen LogP contribution >= 0.6 is 0 Å². The number of hydrogen-bond donors (Lipinski definition) is 1. The molecule has 0 unspecified atom stereocenters. The van der Waals surface area contributed by atoms with E-state index in [4.69, 9.17) is 0 Å². The third kappa shape index (κ3) is 0.885. The second kappa shape index (κ2) is 2.40. The number of benzene rings is 1. The summed E-state index contributed by atoms with van der Waals surface area (Å²) in [5.74, 6) is 1.23. The van der Waals surface area contributed by atoms with Crippen molar-refractivity contribution in [3.05, 3.63) is 35.4 Å². The topological polar surface area (TPSA) is 20.2 Å². The molecule has 0 amide bonds. The van der Waals surface area contributed by atoms with Crippen molar-refractivity contribution >= 4 is 0 Å². The summed E-state index contributed by atoms with van der Waals surface area (Å²) in [4.78, 5) is 0. The predicted molar refractivity (Wildman–Crippen MR) is 56.0 cm³/mol. The highest BCUT2D eigenvalue weighted by molar-refractivity contribution is 5.41. The van der Waals surface area contributed by atoms with Gasteiger partial charge in [-0.05, 0) is 34.8 Å². The first-order valence-corrected chi connectivity index (χ1v) is 5.40. The van der Waals surface area contributed by atoms with Crippen LogP contribution in [-0.4, -0.2) is 5.11 Å². The fourth-order valence-corrected chi connectivity index (χ4v) is 3.17. The Morgan fingerprint density at radius 1 is 1.29 bits per heavy atom. The molecule has 2 aliphatic rings.